The fraction of sp³-hybridized carbons (Fsp3) is 0.333. The van der Waals surface area contributed by atoms with Crippen molar-refractivity contribution in [2.24, 2.45) is 16.3 Å². The molecular weight excluding hydrogens is 317 g/mol. The zero-order chi connectivity index (χ0) is 14.2. The van der Waals surface area contributed by atoms with E-state index in [1.54, 1.807) is 13.0 Å². The monoisotopic (exact) mass is 329 g/mol. The number of oxime groups is 1. The van der Waals surface area contributed by atoms with Crippen molar-refractivity contribution in [3.8, 4) is 0 Å². The molecule has 1 fully saturated rings. The maximum absolute atomic E-state index is 13.5. The van der Waals surface area contributed by atoms with Gasteiger partial charge in [-0.3, -0.25) is 4.79 Å². The summed E-state index contributed by atoms with van der Waals surface area (Å²) in [4.78, 5) is 12.1. The summed E-state index contributed by atoms with van der Waals surface area (Å²) < 4.78 is 13.8. The summed E-state index contributed by atoms with van der Waals surface area (Å²) >= 11 is 3.07. The zero-order valence-corrected chi connectivity index (χ0v) is 11.8. The number of amides is 1. The molecule has 1 aromatic carbocycles. The predicted octanol–water partition coefficient (Wildman–Crippen LogP) is 2.36. The molecule has 0 heterocycles. The summed E-state index contributed by atoms with van der Waals surface area (Å²) in [6, 6.07) is 2.81. The van der Waals surface area contributed by atoms with Gasteiger partial charge < -0.3 is 16.3 Å². The lowest BCUT2D eigenvalue weighted by Gasteiger charge is -2.15. The molecule has 0 spiro atoms. The first kappa shape index (κ1) is 13.8. The lowest BCUT2D eigenvalue weighted by atomic mass is 10.0. The molecule has 7 heteroatoms. The van der Waals surface area contributed by atoms with E-state index in [9.17, 15) is 9.18 Å². The van der Waals surface area contributed by atoms with Crippen LogP contribution >= 0.6 is 15.9 Å². The van der Waals surface area contributed by atoms with E-state index in [1.807, 2.05) is 0 Å². The number of nitrogens with two attached hydrogens (primary N) is 1. The normalized spacial score (nSPS) is 17.1. The topological polar surface area (TPSA) is 87.7 Å². The molecule has 1 aliphatic rings. The first-order chi connectivity index (χ1) is 8.90. The van der Waals surface area contributed by atoms with E-state index >= 15 is 0 Å². The number of rotatable bonds is 3. The van der Waals surface area contributed by atoms with Crippen molar-refractivity contribution >= 4 is 33.4 Å². The number of hydrogen-bond donors (Lipinski definition) is 3. The summed E-state index contributed by atoms with van der Waals surface area (Å²) in [5, 5.41) is 14.2. The van der Waals surface area contributed by atoms with E-state index in [-0.39, 0.29) is 11.7 Å². The summed E-state index contributed by atoms with van der Waals surface area (Å²) in [5.74, 6) is -0.956. The van der Waals surface area contributed by atoms with Crippen LogP contribution in [0.4, 0.5) is 10.1 Å². The number of amidine groups is 1. The van der Waals surface area contributed by atoms with Crippen LogP contribution in [0.1, 0.15) is 18.4 Å². The Morgan fingerprint density at radius 2 is 2.21 bits per heavy atom. The molecule has 5 nitrogen and oxygen atoms in total. The smallest absolute Gasteiger partial charge is 0.238 e. The van der Waals surface area contributed by atoms with Gasteiger partial charge in [-0.15, -0.1) is 0 Å². The highest BCUT2D eigenvalue weighted by Gasteiger charge is 2.54. The second kappa shape index (κ2) is 4.80. The second-order valence-electron chi connectivity index (χ2n) is 4.60. The van der Waals surface area contributed by atoms with E-state index in [4.69, 9.17) is 10.9 Å². The molecule has 0 aromatic heterocycles. The third-order valence-corrected chi connectivity index (χ3v) is 3.91. The Hall–Kier alpha value is -1.63. The molecule has 0 unspecified atom stereocenters. The Balaban J connectivity index is 2.23. The third kappa shape index (κ3) is 2.42. The van der Waals surface area contributed by atoms with Crippen LogP contribution < -0.4 is 11.1 Å². The summed E-state index contributed by atoms with van der Waals surface area (Å²) in [6.45, 7) is 1.75. The standard InChI is InChI=1S/C12H13BrFN3O2/c1-6-4-7(13)8(14)5-9(6)16-11(18)12(2-3-12)10(15)17-19/h4-5,19H,2-3H2,1H3,(H2,15,17)(H,16,18). The quantitative estimate of drug-likeness (QED) is 0.344. The Morgan fingerprint density at radius 3 is 2.74 bits per heavy atom. The predicted molar refractivity (Wildman–Crippen MR) is 72.5 cm³/mol. The Morgan fingerprint density at radius 1 is 1.58 bits per heavy atom. The van der Waals surface area contributed by atoms with E-state index < -0.39 is 11.2 Å². The van der Waals surface area contributed by atoms with Gasteiger partial charge in [0.2, 0.25) is 5.91 Å². The molecule has 0 saturated heterocycles. The highest BCUT2D eigenvalue weighted by molar-refractivity contribution is 9.10. The van der Waals surface area contributed by atoms with Crippen LogP contribution in [0.15, 0.2) is 21.8 Å². The van der Waals surface area contributed by atoms with Crippen molar-refractivity contribution in [3.63, 3.8) is 0 Å². The van der Waals surface area contributed by atoms with Crippen LogP contribution in [-0.2, 0) is 4.79 Å². The highest BCUT2D eigenvalue weighted by Crippen LogP contribution is 2.46. The minimum Gasteiger partial charge on any atom is -0.409 e. The van der Waals surface area contributed by atoms with Gasteiger partial charge in [0.1, 0.15) is 11.2 Å². The van der Waals surface area contributed by atoms with Gasteiger partial charge in [-0.2, -0.15) is 0 Å². The zero-order valence-electron chi connectivity index (χ0n) is 10.2. The molecule has 102 valence electrons. The maximum Gasteiger partial charge on any atom is 0.238 e. The van der Waals surface area contributed by atoms with Crippen molar-refractivity contribution in [1.82, 2.24) is 0 Å². The van der Waals surface area contributed by atoms with Gasteiger partial charge in [0.15, 0.2) is 5.84 Å². The highest BCUT2D eigenvalue weighted by atomic mass is 79.9. The molecule has 0 atom stereocenters. The minimum absolute atomic E-state index is 0.111. The van der Waals surface area contributed by atoms with Crippen LogP contribution in [-0.4, -0.2) is 17.0 Å². The number of carbonyl (C=O) groups is 1. The third-order valence-electron chi connectivity index (χ3n) is 3.30. The average molecular weight is 330 g/mol. The number of nitrogens with zero attached hydrogens (tertiary/aromatic N) is 1. The summed E-state index contributed by atoms with van der Waals surface area (Å²) in [6.07, 6.45) is 1.04. The lowest BCUT2D eigenvalue weighted by Crippen LogP contribution is -2.36. The second-order valence-corrected chi connectivity index (χ2v) is 5.46. The number of halogens is 2. The Kier molecular flexibility index (Phi) is 3.49. The molecular formula is C12H13BrFN3O2. The van der Waals surface area contributed by atoms with Gasteiger partial charge in [-0.05, 0) is 53.4 Å². The first-order valence-corrected chi connectivity index (χ1v) is 6.45. The summed E-state index contributed by atoms with van der Waals surface area (Å²) in [7, 11) is 0. The maximum atomic E-state index is 13.5. The van der Waals surface area contributed by atoms with Gasteiger partial charge in [0.25, 0.3) is 0 Å². The van der Waals surface area contributed by atoms with E-state index in [0.717, 1.165) is 5.56 Å². The molecule has 1 aliphatic carbocycles. The molecule has 1 saturated carbocycles. The number of nitrogens with one attached hydrogen (secondary N) is 1. The SMILES string of the molecule is Cc1cc(Br)c(F)cc1NC(=O)C1(/C(N)=N/O)CC1. The molecule has 2 rings (SSSR count). The first-order valence-electron chi connectivity index (χ1n) is 5.66. The lowest BCUT2D eigenvalue weighted by molar-refractivity contribution is -0.119. The number of anilines is 1. The van der Waals surface area contributed by atoms with Gasteiger partial charge in [0, 0.05) is 5.69 Å². The fourth-order valence-electron chi connectivity index (χ4n) is 1.84. The molecule has 0 aliphatic heterocycles. The van der Waals surface area contributed by atoms with Crippen molar-refractivity contribution in [2.45, 2.75) is 19.8 Å². The van der Waals surface area contributed by atoms with Crippen molar-refractivity contribution in [2.75, 3.05) is 5.32 Å². The Labute approximate surface area is 117 Å². The van der Waals surface area contributed by atoms with Gasteiger partial charge >= 0.3 is 0 Å². The number of aryl methyl sites for hydroxylation is 1. The van der Waals surface area contributed by atoms with Crippen LogP contribution in [0.3, 0.4) is 0 Å². The van der Waals surface area contributed by atoms with Gasteiger partial charge in [-0.1, -0.05) is 5.16 Å². The van der Waals surface area contributed by atoms with E-state index in [0.29, 0.717) is 23.0 Å². The molecule has 4 N–H and O–H groups in total. The van der Waals surface area contributed by atoms with Gasteiger partial charge in [-0.25, -0.2) is 4.39 Å². The van der Waals surface area contributed by atoms with Crippen molar-refractivity contribution in [3.05, 3.63) is 28.0 Å². The molecule has 0 radical (unpaired) electrons. The summed E-state index contributed by atoms with van der Waals surface area (Å²) in [5.41, 5.74) is 5.66. The fourth-order valence-corrected chi connectivity index (χ4v) is 2.30. The van der Waals surface area contributed by atoms with Crippen LogP contribution in [0.2, 0.25) is 0 Å². The van der Waals surface area contributed by atoms with Crippen LogP contribution in [0.5, 0.6) is 0 Å². The number of hydrogen-bond acceptors (Lipinski definition) is 3. The molecule has 19 heavy (non-hydrogen) atoms. The molecule has 1 aromatic rings. The van der Waals surface area contributed by atoms with E-state index in [2.05, 4.69) is 26.4 Å². The largest absolute Gasteiger partial charge is 0.409 e. The van der Waals surface area contributed by atoms with Crippen LogP contribution in [0.25, 0.3) is 0 Å². The van der Waals surface area contributed by atoms with Crippen molar-refractivity contribution < 1.29 is 14.4 Å². The average Bonchev–Trinajstić information content (AvgIpc) is 3.16. The molecule has 1 amide bonds. The molecule has 0 bridgehead atoms. The number of carbonyl (C=O) groups excluding carboxylic acids is 1. The minimum atomic E-state index is -0.954. The van der Waals surface area contributed by atoms with Crippen molar-refractivity contribution in [1.29, 1.82) is 0 Å². The Bertz CT molecular complexity index is 570. The number of benzene rings is 1. The van der Waals surface area contributed by atoms with Gasteiger partial charge in [0.05, 0.1) is 4.47 Å². The van der Waals surface area contributed by atoms with E-state index in [1.165, 1.54) is 6.07 Å². The van der Waals surface area contributed by atoms with Crippen LogP contribution in [0, 0.1) is 18.2 Å².